The molecule has 6 unspecified atom stereocenters. The molecule has 2 bridgehead atoms. The van der Waals surface area contributed by atoms with E-state index in [-0.39, 0.29) is 24.4 Å². The molecule has 0 spiro atoms. The van der Waals surface area contributed by atoms with Gasteiger partial charge in [-0.25, -0.2) is 0 Å². The summed E-state index contributed by atoms with van der Waals surface area (Å²) < 4.78 is 0. The number of nitrogens with two attached hydrogens (primary N) is 1. The third kappa shape index (κ3) is 3.95. The molecule has 3 aliphatic rings. The van der Waals surface area contributed by atoms with E-state index in [4.69, 9.17) is 5.73 Å². The van der Waals surface area contributed by atoms with E-state index >= 15 is 0 Å². The Morgan fingerprint density at radius 3 is 2.59 bits per heavy atom. The van der Waals surface area contributed by atoms with Crippen molar-refractivity contribution in [3.05, 3.63) is 0 Å². The van der Waals surface area contributed by atoms with E-state index in [2.05, 4.69) is 24.1 Å². The molecule has 22 heavy (non-hydrogen) atoms. The van der Waals surface area contributed by atoms with Crippen molar-refractivity contribution in [2.45, 2.75) is 58.0 Å². The van der Waals surface area contributed by atoms with Gasteiger partial charge in [-0.05, 0) is 69.7 Å². The molecule has 6 atom stereocenters. The van der Waals surface area contributed by atoms with Crippen molar-refractivity contribution in [2.75, 3.05) is 19.6 Å². The zero-order valence-electron chi connectivity index (χ0n) is 14.0. The highest BCUT2D eigenvalue weighted by Crippen LogP contribution is 2.49. The van der Waals surface area contributed by atoms with E-state index in [9.17, 15) is 4.79 Å². The van der Waals surface area contributed by atoms with E-state index < -0.39 is 0 Å². The van der Waals surface area contributed by atoms with Crippen LogP contribution in [-0.2, 0) is 4.79 Å². The van der Waals surface area contributed by atoms with Crippen LogP contribution in [0, 0.1) is 23.7 Å². The number of amides is 1. The van der Waals surface area contributed by atoms with Crippen LogP contribution >= 0.6 is 12.4 Å². The summed E-state index contributed by atoms with van der Waals surface area (Å²) in [7, 11) is 0. The summed E-state index contributed by atoms with van der Waals surface area (Å²) in [5, 5.41) is 3.27. The van der Waals surface area contributed by atoms with E-state index in [1.807, 2.05) is 0 Å². The maximum Gasteiger partial charge on any atom is 0.234 e. The average molecular weight is 330 g/mol. The molecule has 0 aromatic carbocycles. The fourth-order valence-corrected chi connectivity index (χ4v) is 4.95. The third-order valence-electron chi connectivity index (χ3n) is 6.24. The van der Waals surface area contributed by atoms with Gasteiger partial charge in [-0.3, -0.25) is 9.69 Å². The summed E-state index contributed by atoms with van der Waals surface area (Å²) in [6.45, 7) is 6.83. The molecule has 3 fully saturated rings. The normalized spacial score (nSPS) is 36.9. The number of carbonyl (C=O) groups is 1. The lowest BCUT2D eigenvalue weighted by atomic mass is 9.84. The minimum absolute atomic E-state index is 0. The van der Waals surface area contributed by atoms with Crippen molar-refractivity contribution in [1.82, 2.24) is 10.2 Å². The Morgan fingerprint density at radius 2 is 2.05 bits per heavy atom. The van der Waals surface area contributed by atoms with Crippen LogP contribution in [0.15, 0.2) is 0 Å². The van der Waals surface area contributed by atoms with Crippen molar-refractivity contribution >= 4 is 18.3 Å². The van der Waals surface area contributed by atoms with Gasteiger partial charge in [-0.1, -0.05) is 6.42 Å². The van der Waals surface area contributed by atoms with Gasteiger partial charge in [0, 0.05) is 18.6 Å². The maximum atomic E-state index is 12.3. The van der Waals surface area contributed by atoms with E-state index in [0.717, 1.165) is 37.3 Å². The van der Waals surface area contributed by atoms with Gasteiger partial charge < -0.3 is 11.1 Å². The first-order valence-electron chi connectivity index (χ1n) is 8.80. The fourth-order valence-electron chi connectivity index (χ4n) is 4.95. The topological polar surface area (TPSA) is 58.4 Å². The summed E-state index contributed by atoms with van der Waals surface area (Å²) in [4.78, 5) is 14.5. The Kier molecular flexibility index (Phi) is 6.14. The first kappa shape index (κ1) is 18.0. The number of nitrogens with zero attached hydrogens (tertiary/aromatic N) is 1. The SMILES string of the molecule is CC(N)C1CCN(CC(=O)NC(C)C2CC3CCC2C3)C1.Cl. The number of likely N-dealkylation sites (tertiary alicyclic amines) is 1. The largest absolute Gasteiger partial charge is 0.352 e. The number of fused-ring (bicyclic) bond motifs is 2. The van der Waals surface area contributed by atoms with Crippen LogP contribution in [0.2, 0.25) is 0 Å². The Balaban J connectivity index is 0.00000176. The molecular weight excluding hydrogens is 298 g/mol. The molecule has 4 nitrogen and oxygen atoms in total. The van der Waals surface area contributed by atoms with E-state index in [1.54, 1.807) is 0 Å². The van der Waals surface area contributed by atoms with Crippen LogP contribution in [0.3, 0.4) is 0 Å². The molecule has 1 aliphatic heterocycles. The van der Waals surface area contributed by atoms with Crippen molar-refractivity contribution in [1.29, 1.82) is 0 Å². The highest BCUT2D eigenvalue weighted by atomic mass is 35.5. The van der Waals surface area contributed by atoms with Gasteiger partial charge in [0.2, 0.25) is 5.91 Å². The molecule has 2 saturated carbocycles. The van der Waals surface area contributed by atoms with Gasteiger partial charge in [-0.15, -0.1) is 12.4 Å². The number of hydrogen-bond donors (Lipinski definition) is 2. The maximum absolute atomic E-state index is 12.3. The number of rotatable bonds is 5. The Morgan fingerprint density at radius 1 is 1.27 bits per heavy atom. The van der Waals surface area contributed by atoms with E-state index in [0.29, 0.717) is 18.5 Å². The first-order valence-corrected chi connectivity index (χ1v) is 8.80. The van der Waals surface area contributed by atoms with Gasteiger partial charge in [0.1, 0.15) is 0 Å². The lowest BCUT2D eigenvalue weighted by Gasteiger charge is -2.29. The van der Waals surface area contributed by atoms with Crippen LogP contribution in [0.5, 0.6) is 0 Å². The van der Waals surface area contributed by atoms with Crippen LogP contribution in [0.4, 0.5) is 0 Å². The number of carbonyl (C=O) groups excluding carboxylic acids is 1. The first-order chi connectivity index (χ1) is 10.0. The van der Waals surface area contributed by atoms with Crippen molar-refractivity contribution < 1.29 is 4.79 Å². The summed E-state index contributed by atoms with van der Waals surface area (Å²) in [5.74, 6) is 3.31. The zero-order valence-corrected chi connectivity index (χ0v) is 14.8. The minimum atomic E-state index is 0. The van der Waals surface area contributed by atoms with Crippen LogP contribution in [-0.4, -0.2) is 42.5 Å². The summed E-state index contributed by atoms with van der Waals surface area (Å²) in [5.41, 5.74) is 5.96. The number of nitrogens with one attached hydrogen (secondary N) is 1. The smallest absolute Gasteiger partial charge is 0.234 e. The standard InChI is InChI=1S/C17H31N3O.ClH/c1-11(18)15-5-6-20(9-15)10-17(21)19-12(2)16-8-13-3-4-14(16)7-13;/h11-16H,3-10,18H2,1-2H3,(H,19,21);1H. The third-order valence-corrected chi connectivity index (χ3v) is 6.24. The minimum Gasteiger partial charge on any atom is -0.352 e. The predicted molar refractivity (Wildman–Crippen MR) is 92.0 cm³/mol. The van der Waals surface area contributed by atoms with Crippen molar-refractivity contribution in [2.24, 2.45) is 29.4 Å². The number of hydrogen-bond acceptors (Lipinski definition) is 3. The van der Waals surface area contributed by atoms with Gasteiger partial charge in [0.05, 0.1) is 6.54 Å². The quantitative estimate of drug-likeness (QED) is 0.811. The van der Waals surface area contributed by atoms with Gasteiger partial charge in [0.15, 0.2) is 0 Å². The number of halogens is 1. The highest BCUT2D eigenvalue weighted by Gasteiger charge is 2.42. The monoisotopic (exact) mass is 329 g/mol. The average Bonchev–Trinajstić information content (AvgIpc) is 3.13. The lowest BCUT2D eigenvalue weighted by Crippen LogP contribution is -2.44. The molecule has 3 N–H and O–H groups in total. The van der Waals surface area contributed by atoms with E-state index in [1.165, 1.54) is 25.7 Å². The predicted octanol–water partition coefficient (Wildman–Crippen LogP) is 2.02. The Bertz CT molecular complexity index is 390. The van der Waals surface area contributed by atoms with Crippen molar-refractivity contribution in [3.8, 4) is 0 Å². The molecule has 1 saturated heterocycles. The molecule has 5 heteroatoms. The summed E-state index contributed by atoms with van der Waals surface area (Å²) in [6.07, 6.45) is 6.69. The van der Waals surface area contributed by atoms with Crippen LogP contribution in [0.1, 0.15) is 46.0 Å². The molecule has 1 amide bonds. The Hall–Kier alpha value is -0.320. The molecule has 2 aliphatic carbocycles. The van der Waals surface area contributed by atoms with Gasteiger partial charge >= 0.3 is 0 Å². The lowest BCUT2D eigenvalue weighted by molar-refractivity contribution is -0.123. The molecule has 128 valence electrons. The van der Waals surface area contributed by atoms with Gasteiger partial charge in [0.25, 0.3) is 0 Å². The Labute approximate surface area is 141 Å². The molecule has 0 aromatic rings. The second kappa shape index (κ2) is 7.50. The molecule has 1 heterocycles. The van der Waals surface area contributed by atoms with Gasteiger partial charge in [-0.2, -0.15) is 0 Å². The molecular formula is C17H32ClN3O. The van der Waals surface area contributed by atoms with Crippen molar-refractivity contribution in [3.63, 3.8) is 0 Å². The fraction of sp³-hybridized carbons (Fsp3) is 0.941. The second-order valence-electron chi connectivity index (χ2n) is 7.84. The van der Waals surface area contributed by atoms with Crippen LogP contribution in [0.25, 0.3) is 0 Å². The highest BCUT2D eigenvalue weighted by molar-refractivity contribution is 5.85. The second-order valence-corrected chi connectivity index (χ2v) is 7.84. The summed E-state index contributed by atoms with van der Waals surface area (Å²) >= 11 is 0. The zero-order chi connectivity index (χ0) is 15.0. The molecule has 0 aromatic heterocycles. The van der Waals surface area contributed by atoms with Crippen LogP contribution < -0.4 is 11.1 Å². The molecule has 3 rings (SSSR count). The molecule has 0 radical (unpaired) electrons. The summed E-state index contributed by atoms with van der Waals surface area (Å²) in [6, 6.07) is 0.589.